The van der Waals surface area contributed by atoms with Crippen LogP contribution in [0, 0.1) is 10.1 Å². The Morgan fingerprint density at radius 3 is 2.80 bits per heavy atom. The Balaban J connectivity index is 2.35. The van der Waals surface area contributed by atoms with E-state index in [1.807, 2.05) is 0 Å². The summed E-state index contributed by atoms with van der Waals surface area (Å²) in [7, 11) is 0. The number of halogens is 2. The summed E-state index contributed by atoms with van der Waals surface area (Å²) in [6.07, 6.45) is 1.50. The fraction of sp³-hybridized carbons (Fsp3) is 0. The van der Waals surface area contributed by atoms with E-state index in [1.165, 1.54) is 18.3 Å². The number of carbonyl (C=O) groups is 1. The summed E-state index contributed by atoms with van der Waals surface area (Å²) in [6, 6.07) is 7.22. The van der Waals surface area contributed by atoms with Gasteiger partial charge >= 0.3 is 0 Å². The molecule has 0 aliphatic heterocycles. The summed E-state index contributed by atoms with van der Waals surface area (Å²) in [5.74, 6) is -0.352. The molecule has 0 aliphatic carbocycles. The summed E-state index contributed by atoms with van der Waals surface area (Å²) in [6.45, 7) is 0. The number of nitrogens with one attached hydrogen (secondary N) is 1. The highest BCUT2D eigenvalue weighted by molar-refractivity contribution is 9.10. The lowest BCUT2D eigenvalue weighted by Crippen LogP contribution is -2.15. The lowest BCUT2D eigenvalue weighted by atomic mass is 10.1. The molecular weight excluding hydrogens is 350 g/mol. The number of nitro benzene ring substituents is 1. The van der Waals surface area contributed by atoms with Gasteiger partial charge in [0.1, 0.15) is 11.4 Å². The Labute approximate surface area is 127 Å². The topological polar surface area (TPSA) is 85.1 Å². The molecule has 102 valence electrons. The molecule has 2 rings (SSSR count). The van der Waals surface area contributed by atoms with E-state index in [2.05, 4.69) is 26.2 Å². The Hall–Kier alpha value is -1.99. The maximum Gasteiger partial charge on any atom is 0.283 e. The fourth-order valence-electron chi connectivity index (χ4n) is 1.50. The number of aromatic nitrogens is 1. The van der Waals surface area contributed by atoms with Gasteiger partial charge in [0.25, 0.3) is 11.6 Å². The minimum atomic E-state index is -0.658. The van der Waals surface area contributed by atoms with Gasteiger partial charge in [-0.05, 0) is 40.2 Å². The SMILES string of the molecule is O=C(Nc1ncccc1Br)c1ccc(Cl)cc1[N+](=O)[O-]. The van der Waals surface area contributed by atoms with Crippen LogP contribution in [-0.2, 0) is 0 Å². The van der Waals surface area contributed by atoms with E-state index in [0.717, 1.165) is 6.07 Å². The third-order valence-electron chi connectivity index (χ3n) is 2.39. The van der Waals surface area contributed by atoms with E-state index in [0.29, 0.717) is 4.47 Å². The molecule has 1 N–H and O–H groups in total. The van der Waals surface area contributed by atoms with E-state index in [-0.39, 0.29) is 22.1 Å². The van der Waals surface area contributed by atoms with E-state index in [1.54, 1.807) is 12.1 Å². The first-order chi connectivity index (χ1) is 9.49. The van der Waals surface area contributed by atoms with Crippen molar-refractivity contribution in [3.8, 4) is 0 Å². The third-order valence-corrected chi connectivity index (χ3v) is 3.27. The van der Waals surface area contributed by atoms with Crippen LogP contribution >= 0.6 is 27.5 Å². The summed E-state index contributed by atoms with van der Waals surface area (Å²) < 4.78 is 0.574. The maximum absolute atomic E-state index is 12.1. The zero-order chi connectivity index (χ0) is 14.7. The van der Waals surface area contributed by atoms with Crippen LogP contribution < -0.4 is 5.32 Å². The van der Waals surface area contributed by atoms with Gasteiger partial charge in [-0.25, -0.2) is 4.98 Å². The van der Waals surface area contributed by atoms with Gasteiger partial charge in [-0.2, -0.15) is 0 Å². The van der Waals surface area contributed by atoms with Crippen molar-refractivity contribution in [3.63, 3.8) is 0 Å². The van der Waals surface area contributed by atoms with Crippen LogP contribution in [0.3, 0.4) is 0 Å². The molecule has 1 amide bonds. The fourth-order valence-corrected chi connectivity index (χ4v) is 2.02. The summed E-state index contributed by atoms with van der Waals surface area (Å²) in [5.41, 5.74) is -0.445. The number of benzene rings is 1. The minimum Gasteiger partial charge on any atom is -0.305 e. The molecule has 0 saturated heterocycles. The Kier molecular flexibility index (Phi) is 4.31. The number of amides is 1. The first-order valence-corrected chi connectivity index (χ1v) is 6.52. The second-order valence-corrected chi connectivity index (χ2v) is 5.00. The van der Waals surface area contributed by atoms with Crippen molar-refractivity contribution >= 4 is 44.9 Å². The predicted octanol–water partition coefficient (Wildman–Crippen LogP) is 3.66. The van der Waals surface area contributed by atoms with Gasteiger partial charge in [-0.3, -0.25) is 14.9 Å². The third kappa shape index (κ3) is 3.12. The molecule has 2 aromatic rings. The summed E-state index contributed by atoms with van der Waals surface area (Å²) in [5, 5.41) is 13.6. The highest BCUT2D eigenvalue weighted by atomic mass is 79.9. The van der Waals surface area contributed by atoms with E-state index >= 15 is 0 Å². The molecular formula is C12H7BrClN3O3. The van der Waals surface area contributed by atoms with Gasteiger partial charge in [-0.15, -0.1) is 0 Å². The average Bonchev–Trinajstić information content (AvgIpc) is 2.41. The molecule has 0 radical (unpaired) electrons. The number of anilines is 1. The molecule has 20 heavy (non-hydrogen) atoms. The highest BCUT2D eigenvalue weighted by Crippen LogP contribution is 2.25. The van der Waals surface area contributed by atoms with Crippen LogP contribution in [-0.4, -0.2) is 15.8 Å². The quantitative estimate of drug-likeness (QED) is 0.672. The first-order valence-electron chi connectivity index (χ1n) is 5.35. The number of rotatable bonds is 3. The Morgan fingerprint density at radius 2 is 2.15 bits per heavy atom. The second kappa shape index (κ2) is 5.98. The van der Waals surface area contributed by atoms with Gasteiger partial charge in [0.05, 0.1) is 9.40 Å². The average molecular weight is 357 g/mol. The number of pyridine rings is 1. The molecule has 1 aromatic heterocycles. The van der Waals surface area contributed by atoms with E-state index in [4.69, 9.17) is 11.6 Å². The Bertz CT molecular complexity index is 693. The van der Waals surface area contributed by atoms with Gasteiger partial charge in [0.2, 0.25) is 0 Å². The highest BCUT2D eigenvalue weighted by Gasteiger charge is 2.21. The second-order valence-electron chi connectivity index (χ2n) is 3.71. The van der Waals surface area contributed by atoms with E-state index in [9.17, 15) is 14.9 Å². The van der Waals surface area contributed by atoms with Crippen LogP contribution in [0.1, 0.15) is 10.4 Å². The van der Waals surface area contributed by atoms with Gasteiger partial charge in [0.15, 0.2) is 0 Å². The number of nitro groups is 1. The number of nitrogens with zero attached hydrogens (tertiary/aromatic N) is 2. The molecule has 0 atom stereocenters. The van der Waals surface area contributed by atoms with Crippen LogP contribution in [0.2, 0.25) is 5.02 Å². The van der Waals surface area contributed by atoms with Crippen molar-refractivity contribution in [2.75, 3.05) is 5.32 Å². The largest absolute Gasteiger partial charge is 0.305 e. The molecule has 0 spiro atoms. The Morgan fingerprint density at radius 1 is 1.40 bits per heavy atom. The van der Waals surface area contributed by atoms with Crippen LogP contribution in [0.25, 0.3) is 0 Å². The number of hydrogen-bond acceptors (Lipinski definition) is 4. The summed E-state index contributed by atoms with van der Waals surface area (Å²) in [4.78, 5) is 26.3. The molecule has 0 saturated carbocycles. The van der Waals surface area contributed by atoms with Crippen molar-refractivity contribution in [2.24, 2.45) is 0 Å². The molecule has 1 aromatic carbocycles. The first kappa shape index (κ1) is 14.4. The zero-order valence-electron chi connectivity index (χ0n) is 9.84. The van der Waals surface area contributed by atoms with Gasteiger partial charge < -0.3 is 5.32 Å². The zero-order valence-corrected chi connectivity index (χ0v) is 12.2. The van der Waals surface area contributed by atoms with Crippen LogP contribution in [0.15, 0.2) is 41.0 Å². The number of carbonyl (C=O) groups excluding carboxylic acids is 1. The summed E-state index contributed by atoms with van der Waals surface area (Å²) >= 11 is 8.92. The molecule has 0 fully saturated rings. The van der Waals surface area contributed by atoms with Crippen molar-refractivity contribution in [2.45, 2.75) is 0 Å². The van der Waals surface area contributed by atoms with Crippen LogP contribution in [0.5, 0.6) is 0 Å². The maximum atomic E-state index is 12.1. The van der Waals surface area contributed by atoms with Crippen molar-refractivity contribution in [3.05, 3.63) is 61.7 Å². The number of hydrogen-bond donors (Lipinski definition) is 1. The smallest absolute Gasteiger partial charge is 0.283 e. The standard InChI is InChI=1S/C12H7BrClN3O3/c13-9-2-1-5-15-11(9)16-12(18)8-4-3-7(14)6-10(8)17(19)20/h1-6H,(H,15,16,18). The molecule has 0 aliphatic rings. The van der Waals surface area contributed by atoms with Crippen molar-refractivity contribution in [1.29, 1.82) is 0 Å². The van der Waals surface area contributed by atoms with Crippen molar-refractivity contribution < 1.29 is 9.72 Å². The van der Waals surface area contributed by atoms with Gasteiger partial charge in [0, 0.05) is 17.3 Å². The lowest BCUT2D eigenvalue weighted by Gasteiger charge is -2.06. The monoisotopic (exact) mass is 355 g/mol. The van der Waals surface area contributed by atoms with Crippen molar-refractivity contribution in [1.82, 2.24) is 4.98 Å². The predicted molar refractivity (Wildman–Crippen MR) is 78.0 cm³/mol. The molecule has 0 bridgehead atoms. The molecule has 6 nitrogen and oxygen atoms in total. The normalized spacial score (nSPS) is 10.1. The van der Waals surface area contributed by atoms with Crippen LogP contribution in [0.4, 0.5) is 11.5 Å². The lowest BCUT2D eigenvalue weighted by molar-refractivity contribution is -0.385. The molecule has 1 heterocycles. The molecule has 0 unspecified atom stereocenters. The van der Waals surface area contributed by atoms with Gasteiger partial charge in [-0.1, -0.05) is 11.6 Å². The molecule has 8 heteroatoms. The van der Waals surface area contributed by atoms with E-state index < -0.39 is 10.8 Å². The minimum absolute atomic E-state index is 0.0862.